The molecule has 1 saturated heterocycles. The zero-order valence-corrected chi connectivity index (χ0v) is 20.0. The predicted molar refractivity (Wildman–Crippen MR) is 127 cm³/mol. The third-order valence-electron chi connectivity index (χ3n) is 6.05. The molecule has 2 fully saturated rings. The maximum atomic E-state index is 11.9. The predicted octanol–water partition coefficient (Wildman–Crippen LogP) is 5.29. The average molecular weight is 445 g/mol. The van der Waals surface area contributed by atoms with Crippen LogP contribution in [0.4, 0.5) is 4.79 Å². The van der Waals surface area contributed by atoms with Crippen molar-refractivity contribution in [1.29, 1.82) is 0 Å². The van der Waals surface area contributed by atoms with Crippen LogP contribution in [0.3, 0.4) is 0 Å². The second kappa shape index (κ2) is 11.7. The quantitative estimate of drug-likeness (QED) is 0.684. The van der Waals surface area contributed by atoms with Crippen molar-refractivity contribution in [2.24, 2.45) is 0 Å². The number of ether oxygens (including phenoxy) is 2. The number of carbonyl (C=O) groups excluding carboxylic acids is 1. The first-order valence-electron chi connectivity index (χ1n) is 12.1. The molecule has 0 bridgehead atoms. The van der Waals surface area contributed by atoms with E-state index in [9.17, 15) is 9.90 Å². The highest BCUT2D eigenvalue weighted by molar-refractivity contribution is 5.68. The number of piperidine rings is 1. The summed E-state index contributed by atoms with van der Waals surface area (Å²) < 4.78 is 11.3. The number of aliphatic hydroxyl groups excluding tert-OH is 1. The number of hydrogen-bond donors (Lipinski definition) is 1. The van der Waals surface area contributed by atoms with E-state index in [0.717, 1.165) is 52.0 Å². The van der Waals surface area contributed by atoms with Gasteiger partial charge in [0, 0.05) is 39.1 Å². The van der Waals surface area contributed by atoms with Gasteiger partial charge < -0.3 is 19.5 Å². The van der Waals surface area contributed by atoms with Gasteiger partial charge in [-0.2, -0.15) is 0 Å². The fraction of sp³-hybridized carbons (Fsp3) is 0.654. The van der Waals surface area contributed by atoms with Crippen LogP contribution in [-0.2, 0) is 16.0 Å². The van der Waals surface area contributed by atoms with Crippen molar-refractivity contribution in [2.75, 3.05) is 26.2 Å². The molecule has 1 aromatic carbocycles. The number of rotatable bonds is 4. The molecular formula is C26H40N2O4. The molecule has 0 atom stereocenters. The van der Waals surface area contributed by atoms with Gasteiger partial charge >= 0.3 is 6.09 Å². The fourth-order valence-electron chi connectivity index (χ4n) is 3.97. The molecule has 32 heavy (non-hydrogen) atoms. The number of amides is 1. The molecule has 178 valence electrons. The largest absolute Gasteiger partial charge is 0.513 e. The summed E-state index contributed by atoms with van der Waals surface area (Å²) in [5.41, 5.74) is 0.929. The van der Waals surface area contributed by atoms with Gasteiger partial charge in [0.15, 0.2) is 0 Å². The molecule has 1 aromatic rings. The molecule has 4 rings (SSSR count). The molecule has 3 aliphatic rings. The van der Waals surface area contributed by atoms with Crippen LogP contribution in [0.1, 0.15) is 64.9 Å². The minimum absolute atomic E-state index is 0.190. The molecule has 6 nitrogen and oxygen atoms in total. The Labute approximate surface area is 193 Å². The lowest BCUT2D eigenvalue weighted by Crippen LogP contribution is -2.44. The van der Waals surface area contributed by atoms with E-state index in [1.54, 1.807) is 4.90 Å². The number of hydrogen-bond acceptors (Lipinski definition) is 5. The highest BCUT2D eigenvalue weighted by atomic mass is 16.6. The highest BCUT2D eigenvalue weighted by Crippen LogP contribution is 2.26. The molecule has 0 unspecified atom stereocenters. The van der Waals surface area contributed by atoms with Gasteiger partial charge in [-0.15, -0.1) is 0 Å². The van der Waals surface area contributed by atoms with E-state index < -0.39 is 5.60 Å². The van der Waals surface area contributed by atoms with Gasteiger partial charge in [0.1, 0.15) is 5.60 Å². The molecule has 0 aromatic heterocycles. The molecule has 6 heteroatoms. The maximum Gasteiger partial charge on any atom is 0.410 e. The number of benzene rings is 1. The summed E-state index contributed by atoms with van der Waals surface area (Å²) in [6, 6.07) is 10.4. The molecule has 2 aliphatic heterocycles. The monoisotopic (exact) mass is 444 g/mol. The van der Waals surface area contributed by atoms with Gasteiger partial charge in [-0.3, -0.25) is 4.90 Å². The zero-order valence-electron chi connectivity index (χ0n) is 20.0. The van der Waals surface area contributed by atoms with Crippen LogP contribution in [0.5, 0.6) is 0 Å². The number of carbonyl (C=O) groups is 1. The van der Waals surface area contributed by atoms with Gasteiger partial charge in [0.05, 0.1) is 18.0 Å². The SMILES string of the molecule is CC(C)(C)OC(=O)N1CCC(OC2CCC2)CC1.OC1=CCN(Cc2ccccc2)CC1. The molecule has 2 heterocycles. The molecule has 1 amide bonds. The Morgan fingerprint density at radius 3 is 2.22 bits per heavy atom. The molecule has 0 spiro atoms. The van der Waals surface area contributed by atoms with Crippen molar-refractivity contribution in [1.82, 2.24) is 9.80 Å². The minimum Gasteiger partial charge on any atom is -0.513 e. The van der Waals surface area contributed by atoms with Gasteiger partial charge in [-0.25, -0.2) is 4.79 Å². The van der Waals surface area contributed by atoms with E-state index in [4.69, 9.17) is 9.47 Å². The fourth-order valence-corrected chi connectivity index (χ4v) is 3.97. The van der Waals surface area contributed by atoms with Gasteiger partial charge in [-0.05, 0) is 64.5 Å². The van der Waals surface area contributed by atoms with E-state index in [-0.39, 0.29) is 6.09 Å². The van der Waals surface area contributed by atoms with Crippen LogP contribution in [0.15, 0.2) is 42.2 Å². The number of nitrogens with zero attached hydrogens (tertiary/aromatic N) is 2. The third kappa shape index (κ3) is 8.47. The molecule has 1 N–H and O–H groups in total. The molecule has 0 radical (unpaired) electrons. The second-order valence-electron chi connectivity index (χ2n) is 10.0. The first-order chi connectivity index (χ1) is 15.3. The first-order valence-corrected chi connectivity index (χ1v) is 12.1. The van der Waals surface area contributed by atoms with E-state index in [0.29, 0.717) is 18.0 Å². The Morgan fingerprint density at radius 1 is 1.03 bits per heavy atom. The average Bonchev–Trinajstić information content (AvgIpc) is 2.73. The minimum atomic E-state index is -0.406. The summed E-state index contributed by atoms with van der Waals surface area (Å²) >= 11 is 0. The summed E-state index contributed by atoms with van der Waals surface area (Å²) in [4.78, 5) is 16.0. The van der Waals surface area contributed by atoms with Crippen LogP contribution < -0.4 is 0 Å². The van der Waals surface area contributed by atoms with E-state index in [1.807, 2.05) is 32.9 Å². The smallest absolute Gasteiger partial charge is 0.410 e. The summed E-state index contributed by atoms with van der Waals surface area (Å²) in [6.45, 7) is 10.0. The standard InChI is InChI=1S/C14H25NO3.C12H15NO/c1-14(2,3)18-13(16)15-9-7-12(8-10-15)17-11-5-4-6-11;14-12-6-8-13(9-7-12)10-11-4-2-1-3-5-11/h11-12H,4-10H2,1-3H3;1-6,14H,7-10H2. The van der Waals surface area contributed by atoms with Crippen molar-refractivity contribution in [3.63, 3.8) is 0 Å². The molecule has 1 aliphatic carbocycles. The second-order valence-corrected chi connectivity index (χ2v) is 10.0. The Morgan fingerprint density at radius 2 is 1.69 bits per heavy atom. The van der Waals surface area contributed by atoms with Crippen molar-refractivity contribution >= 4 is 6.09 Å². The lowest BCUT2D eigenvalue weighted by atomic mass is 9.95. The molecule has 1 saturated carbocycles. The summed E-state index contributed by atoms with van der Waals surface area (Å²) in [6.07, 6.45) is 8.94. The first kappa shape index (κ1) is 24.6. The van der Waals surface area contributed by atoms with Gasteiger partial charge in [0.25, 0.3) is 0 Å². The maximum absolute atomic E-state index is 11.9. The lowest BCUT2D eigenvalue weighted by molar-refractivity contribution is -0.0742. The van der Waals surface area contributed by atoms with Crippen molar-refractivity contribution in [2.45, 2.75) is 83.6 Å². The van der Waals surface area contributed by atoms with Gasteiger partial charge in [-0.1, -0.05) is 30.3 Å². The van der Waals surface area contributed by atoms with E-state index >= 15 is 0 Å². The topological polar surface area (TPSA) is 62.2 Å². The van der Waals surface area contributed by atoms with Crippen LogP contribution in [0.25, 0.3) is 0 Å². The van der Waals surface area contributed by atoms with Crippen LogP contribution in [0, 0.1) is 0 Å². The summed E-state index contributed by atoms with van der Waals surface area (Å²) in [7, 11) is 0. The van der Waals surface area contributed by atoms with E-state index in [1.165, 1.54) is 24.8 Å². The Kier molecular flexibility index (Phi) is 9.00. The van der Waals surface area contributed by atoms with E-state index in [2.05, 4.69) is 29.2 Å². The highest BCUT2D eigenvalue weighted by Gasteiger charge is 2.29. The summed E-state index contributed by atoms with van der Waals surface area (Å²) in [5, 5.41) is 9.23. The summed E-state index contributed by atoms with van der Waals surface area (Å²) in [5.74, 6) is 0.536. The van der Waals surface area contributed by atoms with Crippen LogP contribution >= 0.6 is 0 Å². The Hall–Kier alpha value is -2.05. The van der Waals surface area contributed by atoms with Crippen LogP contribution in [-0.4, -0.2) is 65.0 Å². The van der Waals surface area contributed by atoms with Gasteiger partial charge in [0.2, 0.25) is 0 Å². The van der Waals surface area contributed by atoms with Crippen molar-refractivity contribution in [3.8, 4) is 0 Å². The van der Waals surface area contributed by atoms with Crippen LogP contribution in [0.2, 0.25) is 0 Å². The van der Waals surface area contributed by atoms with Crippen molar-refractivity contribution in [3.05, 3.63) is 47.7 Å². The third-order valence-corrected chi connectivity index (χ3v) is 6.05. The molecular weight excluding hydrogens is 404 g/mol. The number of likely N-dealkylation sites (tertiary alicyclic amines) is 1. The normalized spacial score (nSPS) is 20.6. The zero-order chi connectivity index (χ0) is 23.0. The Bertz CT molecular complexity index is 732. The lowest BCUT2D eigenvalue weighted by Gasteiger charge is -2.36. The Balaban J connectivity index is 0.000000186. The van der Waals surface area contributed by atoms with Crippen molar-refractivity contribution < 1.29 is 19.4 Å². The number of aliphatic hydroxyl groups is 1.